The lowest BCUT2D eigenvalue weighted by Gasteiger charge is -2.20. The van der Waals surface area contributed by atoms with Gasteiger partial charge < -0.3 is 9.88 Å². The van der Waals surface area contributed by atoms with E-state index in [4.69, 9.17) is 4.98 Å². The fourth-order valence-corrected chi connectivity index (χ4v) is 2.73. The first kappa shape index (κ1) is 13.8. The monoisotopic (exact) mass is 280 g/mol. The van der Waals surface area contributed by atoms with Gasteiger partial charge in [0, 0.05) is 25.5 Å². The highest BCUT2D eigenvalue weighted by atomic mass is 15.1. The van der Waals surface area contributed by atoms with Crippen LogP contribution < -0.4 is 5.32 Å². The van der Waals surface area contributed by atoms with Crippen LogP contribution in [0.1, 0.15) is 37.3 Å². The topological polar surface area (TPSA) is 42.7 Å². The van der Waals surface area contributed by atoms with E-state index in [2.05, 4.69) is 54.0 Å². The Balaban J connectivity index is 1.84. The highest BCUT2D eigenvalue weighted by Crippen LogP contribution is 2.22. The molecule has 4 nitrogen and oxygen atoms in total. The molecule has 0 aliphatic carbocycles. The molecule has 0 bridgehead atoms. The van der Waals surface area contributed by atoms with Gasteiger partial charge in [0.1, 0.15) is 5.82 Å². The van der Waals surface area contributed by atoms with E-state index < -0.39 is 0 Å². The summed E-state index contributed by atoms with van der Waals surface area (Å²) < 4.78 is 2.16. The lowest BCUT2D eigenvalue weighted by Crippen LogP contribution is -2.24. The summed E-state index contributed by atoms with van der Waals surface area (Å²) in [5.74, 6) is 1.05. The van der Waals surface area contributed by atoms with Crippen molar-refractivity contribution in [1.29, 1.82) is 0 Å². The molecule has 108 valence electrons. The lowest BCUT2D eigenvalue weighted by atomic mass is 10.1. The van der Waals surface area contributed by atoms with Gasteiger partial charge in [-0.15, -0.1) is 0 Å². The number of aryl methyl sites for hydroxylation is 1. The predicted octanol–water partition coefficient (Wildman–Crippen LogP) is 3.38. The summed E-state index contributed by atoms with van der Waals surface area (Å²) >= 11 is 0. The SMILES string of the molecule is CC(N[C@@H](C)c1cccnc1)c1nc2ccccc2n1C. The van der Waals surface area contributed by atoms with Gasteiger partial charge in [-0.05, 0) is 37.6 Å². The summed E-state index contributed by atoms with van der Waals surface area (Å²) in [7, 11) is 2.07. The Morgan fingerprint density at radius 3 is 2.57 bits per heavy atom. The molecule has 1 N–H and O–H groups in total. The first-order chi connectivity index (χ1) is 10.2. The molecular weight excluding hydrogens is 260 g/mol. The molecule has 1 aromatic carbocycles. The summed E-state index contributed by atoms with van der Waals surface area (Å²) in [6, 6.07) is 12.7. The molecule has 0 radical (unpaired) electrons. The summed E-state index contributed by atoms with van der Waals surface area (Å²) in [4.78, 5) is 8.92. The number of nitrogens with zero attached hydrogens (tertiary/aromatic N) is 3. The molecule has 0 aliphatic heterocycles. The van der Waals surface area contributed by atoms with E-state index in [0.717, 1.165) is 16.9 Å². The van der Waals surface area contributed by atoms with Crippen LogP contribution in [0.25, 0.3) is 11.0 Å². The summed E-state index contributed by atoms with van der Waals surface area (Å²) in [6.07, 6.45) is 3.70. The van der Waals surface area contributed by atoms with Crippen LogP contribution in [-0.4, -0.2) is 14.5 Å². The van der Waals surface area contributed by atoms with Gasteiger partial charge in [0.2, 0.25) is 0 Å². The van der Waals surface area contributed by atoms with E-state index in [1.807, 2.05) is 24.4 Å². The number of nitrogens with one attached hydrogen (secondary N) is 1. The molecule has 0 spiro atoms. The third-order valence-corrected chi connectivity index (χ3v) is 3.89. The third-order valence-electron chi connectivity index (χ3n) is 3.89. The maximum atomic E-state index is 4.74. The molecule has 1 unspecified atom stereocenters. The van der Waals surface area contributed by atoms with Crippen LogP contribution >= 0.6 is 0 Å². The normalized spacial score (nSPS) is 14.2. The zero-order valence-corrected chi connectivity index (χ0v) is 12.6. The van der Waals surface area contributed by atoms with Crippen LogP contribution in [0, 0.1) is 0 Å². The fourth-order valence-electron chi connectivity index (χ4n) is 2.73. The van der Waals surface area contributed by atoms with Gasteiger partial charge in [0.05, 0.1) is 17.1 Å². The van der Waals surface area contributed by atoms with Crippen LogP contribution in [0.4, 0.5) is 0 Å². The largest absolute Gasteiger partial charge is 0.330 e. The Morgan fingerprint density at radius 2 is 1.86 bits per heavy atom. The van der Waals surface area contributed by atoms with Gasteiger partial charge in [0.25, 0.3) is 0 Å². The van der Waals surface area contributed by atoms with Gasteiger partial charge in [-0.1, -0.05) is 18.2 Å². The van der Waals surface area contributed by atoms with Gasteiger partial charge in [-0.25, -0.2) is 4.98 Å². The molecule has 2 aromatic heterocycles. The zero-order valence-electron chi connectivity index (χ0n) is 12.6. The zero-order chi connectivity index (χ0) is 14.8. The van der Waals surface area contributed by atoms with Crippen LogP contribution in [0.15, 0.2) is 48.8 Å². The molecule has 0 amide bonds. The molecule has 2 atom stereocenters. The van der Waals surface area contributed by atoms with E-state index in [-0.39, 0.29) is 12.1 Å². The number of hydrogen-bond acceptors (Lipinski definition) is 3. The standard InChI is InChI=1S/C17H20N4/c1-12(14-7-6-10-18-11-14)19-13(2)17-20-15-8-4-5-9-16(15)21(17)3/h4-13,19H,1-3H3/t12-,13?/m0/s1. The van der Waals surface area contributed by atoms with Crippen molar-refractivity contribution >= 4 is 11.0 Å². The smallest absolute Gasteiger partial charge is 0.126 e. The Morgan fingerprint density at radius 1 is 1.05 bits per heavy atom. The molecule has 0 saturated heterocycles. The van der Waals surface area contributed by atoms with E-state index >= 15 is 0 Å². The lowest BCUT2D eigenvalue weighted by molar-refractivity contribution is 0.468. The van der Waals surface area contributed by atoms with Gasteiger partial charge >= 0.3 is 0 Å². The van der Waals surface area contributed by atoms with Crippen molar-refractivity contribution in [3.8, 4) is 0 Å². The molecule has 4 heteroatoms. The van der Waals surface area contributed by atoms with Crippen molar-refractivity contribution in [3.63, 3.8) is 0 Å². The minimum absolute atomic E-state index is 0.164. The third kappa shape index (κ3) is 2.67. The minimum atomic E-state index is 0.164. The fraction of sp³-hybridized carbons (Fsp3) is 0.294. The number of hydrogen-bond donors (Lipinski definition) is 1. The Kier molecular flexibility index (Phi) is 3.71. The van der Waals surface area contributed by atoms with Crippen molar-refractivity contribution in [3.05, 3.63) is 60.2 Å². The van der Waals surface area contributed by atoms with E-state index in [0.29, 0.717) is 0 Å². The van der Waals surface area contributed by atoms with Crippen molar-refractivity contribution in [2.75, 3.05) is 0 Å². The van der Waals surface area contributed by atoms with E-state index in [1.54, 1.807) is 6.20 Å². The van der Waals surface area contributed by atoms with Crippen LogP contribution in [-0.2, 0) is 7.05 Å². The number of rotatable bonds is 4. The van der Waals surface area contributed by atoms with E-state index in [1.165, 1.54) is 5.56 Å². The molecule has 0 saturated carbocycles. The molecule has 21 heavy (non-hydrogen) atoms. The average molecular weight is 280 g/mol. The van der Waals surface area contributed by atoms with Gasteiger partial charge in [-0.2, -0.15) is 0 Å². The van der Waals surface area contributed by atoms with Crippen molar-refractivity contribution in [2.45, 2.75) is 25.9 Å². The molecule has 3 aromatic rings. The second-order valence-electron chi connectivity index (χ2n) is 5.41. The van der Waals surface area contributed by atoms with Crippen molar-refractivity contribution < 1.29 is 0 Å². The molecule has 3 rings (SSSR count). The van der Waals surface area contributed by atoms with E-state index in [9.17, 15) is 0 Å². The minimum Gasteiger partial charge on any atom is -0.330 e. The summed E-state index contributed by atoms with van der Waals surface area (Å²) in [5.41, 5.74) is 3.39. The highest BCUT2D eigenvalue weighted by Gasteiger charge is 2.16. The average Bonchev–Trinajstić information content (AvgIpc) is 2.86. The first-order valence-electron chi connectivity index (χ1n) is 7.24. The first-order valence-corrected chi connectivity index (χ1v) is 7.24. The number of para-hydroxylation sites is 2. The van der Waals surface area contributed by atoms with Gasteiger partial charge in [0.15, 0.2) is 0 Å². The van der Waals surface area contributed by atoms with Crippen molar-refractivity contribution in [2.24, 2.45) is 7.05 Å². The molecular formula is C17H20N4. The second kappa shape index (κ2) is 5.66. The van der Waals surface area contributed by atoms with Crippen LogP contribution in [0.3, 0.4) is 0 Å². The molecule has 2 heterocycles. The maximum Gasteiger partial charge on any atom is 0.126 e. The Hall–Kier alpha value is -2.20. The maximum absolute atomic E-state index is 4.74. The van der Waals surface area contributed by atoms with Crippen LogP contribution in [0.2, 0.25) is 0 Å². The number of benzene rings is 1. The number of aromatic nitrogens is 3. The highest BCUT2D eigenvalue weighted by molar-refractivity contribution is 5.75. The number of fused-ring (bicyclic) bond motifs is 1. The van der Waals surface area contributed by atoms with Crippen LogP contribution in [0.5, 0.6) is 0 Å². The summed E-state index contributed by atoms with van der Waals surface area (Å²) in [6.45, 7) is 4.30. The quantitative estimate of drug-likeness (QED) is 0.796. The molecule has 0 aliphatic rings. The molecule has 0 fully saturated rings. The Labute approximate surface area is 124 Å². The number of pyridine rings is 1. The van der Waals surface area contributed by atoms with Crippen molar-refractivity contribution in [1.82, 2.24) is 19.9 Å². The Bertz CT molecular complexity index is 733. The second-order valence-corrected chi connectivity index (χ2v) is 5.41. The number of imidazole rings is 1. The predicted molar refractivity (Wildman–Crippen MR) is 84.9 cm³/mol. The summed E-state index contributed by atoms with van der Waals surface area (Å²) in [5, 5.41) is 3.59. The van der Waals surface area contributed by atoms with Gasteiger partial charge in [-0.3, -0.25) is 4.98 Å².